The van der Waals surface area contributed by atoms with Crippen molar-refractivity contribution in [2.45, 2.75) is 25.4 Å². The number of nitrogens with two attached hydrogens (primary N) is 2. The summed E-state index contributed by atoms with van der Waals surface area (Å²) in [4.78, 5) is 29.1. The van der Waals surface area contributed by atoms with E-state index in [9.17, 15) is 4.79 Å². The molecule has 1 fully saturated rings. The summed E-state index contributed by atoms with van der Waals surface area (Å²) in [7, 11) is 7.27. The van der Waals surface area contributed by atoms with Gasteiger partial charge in [0.25, 0.3) is 0 Å². The molecule has 4 aromatic rings. The lowest BCUT2D eigenvalue weighted by Crippen LogP contribution is -2.44. The Morgan fingerprint density at radius 1 is 1.02 bits per heavy atom. The Morgan fingerprint density at radius 2 is 1.81 bits per heavy atom. The summed E-state index contributed by atoms with van der Waals surface area (Å²) in [5, 5.41) is 5.02. The maximum absolute atomic E-state index is 13.9. The van der Waals surface area contributed by atoms with E-state index >= 15 is 0 Å². The second-order valence-corrected chi connectivity index (χ2v) is 12.2. The molecule has 4 heterocycles. The third kappa shape index (κ3) is 6.93. The molecule has 6 rings (SSSR count). The van der Waals surface area contributed by atoms with Crippen LogP contribution < -0.4 is 20.9 Å². The lowest BCUT2D eigenvalue weighted by atomic mass is 9.91. The van der Waals surface area contributed by atoms with E-state index in [-0.39, 0.29) is 23.6 Å². The number of allylic oxidation sites excluding steroid dienone is 1. The Morgan fingerprint density at radius 3 is 2.55 bits per heavy atom. The van der Waals surface area contributed by atoms with Crippen molar-refractivity contribution in [3.05, 3.63) is 100 Å². The average molecular weight is 638 g/mol. The summed E-state index contributed by atoms with van der Waals surface area (Å²) in [5.74, 6) is 1.000. The number of aromatic nitrogens is 4. The zero-order valence-corrected chi connectivity index (χ0v) is 27.5. The number of methoxy groups -OCH3 is 2. The number of benzene rings is 2. The number of hydrogen-bond acceptors (Lipinski definition) is 11. The highest BCUT2D eigenvalue weighted by molar-refractivity contribution is 6.07. The Hall–Kier alpha value is -4.94. The number of aryl methyl sites for hydroxylation is 1. The van der Waals surface area contributed by atoms with E-state index in [1.54, 1.807) is 25.4 Å². The van der Waals surface area contributed by atoms with E-state index in [0.29, 0.717) is 29.0 Å². The molecular weight excluding hydrogens is 594 g/mol. The van der Waals surface area contributed by atoms with Gasteiger partial charge in [0.15, 0.2) is 17.3 Å². The number of ether oxygens (including phenoxy) is 2. The fraction of sp³-hybridized carbons (Fsp3) is 0.371. The normalized spacial score (nSPS) is 17.2. The zero-order chi connectivity index (χ0) is 33.1. The fourth-order valence-electron chi connectivity index (χ4n) is 6.47. The standard InChI is InChI=1S/C35H43N9O3/c1-41-13-15-43(16-14-41)22-26-20-29(40-42(26)2)32-27-8-6-5-7-24(27)9-11-44(32)12-10-30(45)28-18-23(19-31(46-3)33(28)47-4)17-25-21-38-35(37)39-34(25)36/h5-8,10,12,18-21,32H,9,11,13-17,22H2,1-4H3,(H4,36,37,38,39)/b12-10+. The van der Waals surface area contributed by atoms with Gasteiger partial charge >= 0.3 is 0 Å². The van der Waals surface area contributed by atoms with Crippen molar-refractivity contribution in [3.63, 3.8) is 0 Å². The summed E-state index contributed by atoms with van der Waals surface area (Å²) in [5.41, 5.74) is 18.3. The second kappa shape index (κ2) is 13.8. The minimum atomic E-state index is -0.210. The van der Waals surface area contributed by atoms with Crippen LogP contribution in [0.2, 0.25) is 0 Å². The SMILES string of the molecule is COc1cc(Cc2cnc(N)nc2N)cc(C(=O)/C=C/N2CCc3ccccc3C2c2cc(CN3CCN(C)CC3)n(C)n2)c1OC. The second-order valence-electron chi connectivity index (χ2n) is 12.2. The molecular formula is C35H43N9O3. The van der Waals surface area contributed by atoms with E-state index in [1.165, 1.54) is 23.9 Å². The maximum atomic E-state index is 13.9. The molecule has 1 unspecified atom stereocenters. The Balaban J connectivity index is 1.29. The van der Waals surface area contributed by atoms with Crippen molar-refractivity contribution in [2.75, 3.05) is 65.5 Å². The number of ketones is 1. The topological polar surface area (TPSA) is 141 Å². The lowest BCUT2D eigenvalue weighted by molar-refractivity contribution is 0.104. The molecule has 12 nitrogen and oxygen atoms in total. The number of fused-ring (bicyclic) bond motifs is 1. The molecule has 47 heavy (non-hydrogen) atoms. The lowest BCUT2D eigenvalue weighted by Gasteiger charge is -2.35. The van der Waals surface area contributed by atoms with E-state index in [0.717, 1.165) is 56.9 Å². The van der Waals surface area contributed by atoms with Gasteiger partial charge in [0.2, 0.25) is 5.95 Å². The van der Waals surface area contributed by atoms with Crippen molar-refractivity contribution in [1.29, 1.82) is 0 Å². The predicted molar refractivity (Wildman–Crippen MR) is 181 cm³/mol. The van der Waals surface area contributed by atoms with Crippen molar-refractivity contribution in [2.24, 2.45) is 7.05 Å². The zero-order valence-electron chi connectivity index (χ0n) is 27.5. The molecule has 0 saturated carbocycles. The molecule has 2 aromatic heterocycles. The summed E-state index contributed by atoms with van der Waals surface area (Å²) >= 11 is 0. The summed E-state index contributed by atoms with van der Waals surface area (Å²) < 4.78 is 13.3. The molecule has 12 heteroatoms. The van der Waals surface area contributed by atoms with Crippen molar-refractivity contribution < 1.29 is 14.3 Å². The van der Waals surface area contributed by atoms with Gasteiger partial charge in [0.05, 0.1) is 37.2 Å². The molecule has 0 bridgehead atoms. The van der Waals surface area contributed by atoms with Crippen LogP contribution in [0.1, 0.15) is 50.0 Å². The first-order valence-electron chi connectivity index (χ1n) is 15.9. The van der Waals surface area contributed by atoms with Gasteiger partial charge in [0, 0.05) is 76.8 Å². The largest absolute Gasteiger partial charge is 0.493 e. The van der Waals surface area contributed by atoms with Gasteiger partial charge in [-0.1, -0.05) is 24.3 Å². The summed E-state index contributed by atoms with van der Waals surface area (Å²) in [6.45, 7) is 5.81. The molecule has 0 spiro atoms. The minimum absolute atomic E-state index is 0.107. The third-order valence-corrected chi connectivity index (χ3v) is 9.11. The van der Waals surface area contributed by atoms with Gasteiger partial charge < -0.3 is 30.7 Å². The molecule has 2 aliphatic rings. The van der Waals surface area contributed by atoms with Crippen LogP contribution in [-0.4, -0.2) is 94.2 Å². The highest BCUT2D eigenvalue weighted by atomic mass is 16.5. The highest BCUT2D eigenvalue weighted by Gasteiger charge is 2.30. The van der Waals surface area contributed by atoms with Crippen molar-refractivity contribution in [1.82, 2.24) is 34.4 Å². The average Bonchev–Trinajstić information content (AvgIpc) is 3.43. The molecule has 1 atom stereocenters. The molecule has 4 N–H and O–H groups in total. The quantitative estimate of drug-likeness (QED) is 0.196. The van der Waals surface area contributed by atoms with Gasteiger partial charge in [-0.2, -0.15) is 10.1 Å². The van der Waals surface area contributed by atoms with E-state index in [4.69, 9.17) is 26.0 Å². The Labute approximate surface area is 275 Å². The molecule has 2 aliphatic heterocycles. The van der Waals surface area contributed by atoms with Crippen LogP contribution in [0, 0.1) is 0 Å². The van der Waals surface area contributed by atoms with Crippen LogP contribution in [0.15, 0.2) is 60.9 Å². The third-order valence-electron chi connectivity index (χ3n) is 9.11. The molecule has 0 amide bonds. The van der Waals surface area contributed by atoms with Crippen LogP contribution in [-0.2, 0) is 26.4 Å². The van der Waals surface area contributed by atoms with Crippen LogP contribution in [0.5, 0.6) is 11.5 Å². The first-order valence-corrected chi connectivity index (χ1v) is 15.9. The van der Waals surface area contributed by atoms with Gasteiger partial charge in [-0.15, -0.1) is 0 Å². The van der Waals surface area contributed by atoms with E-state index in [2.05, 4.69) is 62.0 Å². The number of rotatable bonds is 10. The number of carbonyl (C=O) groups is 1. The van der Waals surface area contributed by atoms with Crippen LogP contribution in [0.25, 0.3) is 0 Å². The number of piperazine rings is 1. The summed E-state index contributed by atoms with van der Waals surface area (Å²) in [6.07, 6.45) is 6.35. The van der Waals surface area contributed by atoms with Crippen LogP contribution in [0.3, 0.4) is 0 Å². The van der Waals surface area contributed by atoms with Crippen LogP contribution >= 0.6 is 0 Å². The first kappa shape index (κ1) is 32.0. The van der Waals surface area contributed by atoms with E-state index < -0.39 is 0 Å². The van der Waals surface area contributed by atoms with Crippen LogP contribution in [0.4, 0.5) is 11.8 Å². The molecule has 0 aliphatic carbocycles. The van der Waals surface area contributed by atoms with E-state index in [1.807, 2.05) is 24.0 Å². The minimum Gasteiger partial charge on any atom is -0.493 e. The monoisotopic (exact) mass is 637 g/mol. The Kier molecular flexibility index (Phi) is 9.41. The number of likely N-dealkylation sites (N-methyl/N-ethyl adjacent to an activating group) is 1. The van der Waals surface area contributed by atoms with Gasteiger partial charge in [0.1, 0.15) is 5.82 Å². The van der Waals surface area contributed by atoms with Gasteiger partial charge in [-0.25, -0.2) is 4.98 Å². The highest BCUT2D eigenvalue weighted by Crippen LogP contribution is 2.37. The smallest absolute Gasteiger partial charge is 0.221 e. The number of anilines is 2. The van der Waals surface area contributed by atoms with Gasteiger partial charge in [-0.3, -0.25) is 14.4 Å². The van der Waals surface area contributed by atoms with Gasteiger partial charge in [-0.05, 0) is 48.4 Å². The van der Waals surface area contributed by atoms with Crippen molar-refractivity contribution in [3.8, 4) is 11.5 Å². The summed E-state index contributed by atoms with van der Waals surface area (Å²) in [6, 6.07) is 14.2. The van der Waals surface area contributed by atoms with Crippen molar-refractivity contribution >= 4 is 17.5 Å². The number of hydrogen-bond donors (Lipinski definition) is 2. The number of carbonyl (C=O) groups excluding carboxylic acids is 1. The first-order chi connectivity index (χ1) is 22.7. The molecule has 1 saturated heterocycles. The maximum Gasteiger partial charge on any atom is 0.221 e. The number of nitrogen functional groups attached to an aromatic ring is 2. The Bertz CT molecular complexity index is 1780. The molecule has 246 valence electrons. The fourth-order valence-corrected chi connectivity index (χ4v) is 6.47. The predicted octanol–water partition coefficient (Wildman–Crippen LogP) is 3.07. The number of nitrogens with zero attached hydrogens (tertiary/aromatic N) is 7. The molecule has 2 aromatic carbocycles. The molecule has 0 radical (unpaired) electrons.